The molecule has 0 aliphatic rings. The van der Waals surface area contributed by atoms with E-state index >= 15 is 0 Å². The molecule has 4 aromatic rings. The number of hydrogen-bond donors (Lipinski definition) is 1. The molecule has 4 rings (SSSR count). The van der Waals surface area contributed by atoms with Crippen LogP contribution < -0.4 is 14.9 Å². The van der Waals surface area contributed by atoms with Gasteiger partial charge in [-0.1, -0.05) is 48.5 Å². The molecular formula is C28H24N2O4. The Morgan fingerprint density at radius 1 is 0.853 bits per heavy atom. The van der Waals surface area contributed by atoms with Crippen LogP contribution in [0.5, 0.6) is 11.5 Å². The molecule has 6 nitrogen and oxygen atoms in total. The van der Waals surface area contributed by atoms with Gasteiger partial charge in [-0.2, -0.15) is 5.10 Å². The molecule has 6 heteroatoms. The summed E-state index contributed by atoms with van der Waals surface area (Å²) in [5, 5.41) is 6.14. The van der Waals surface area contributed by atoms with Crippen molar-refractivity contribution in [1.82, 2.24) is 5.43 Å². The number of ether oxygens (including phenoxy) is 2. The molecule has 0 bridgehead atoms. The van der Waals surface area contributed by atoms with Crippen LogP contribution in [0, 0.1) is 6.92 Å². The summed E-state index contributed by atoms with van der Waals surface area (Å²) < 4.78 is 11.2. The minimum absolute atomic E-state index is 0.367. The maximum absolute atomic E-state index is 12.3. The van der Waals surface area contributed by atoms with Gasteiger partial charge < -0.3 is 9.47 Å². The van der Waals surface area contributed by atoms with Crippen molar-refractivity contribution in [1.29, 1.82) is 0 Å². The zero-order valence-electron chi connectivity index (χ0n) is 18.9. The summed E-state index contributed by atoms with van der Waals surface area (Å²) >= 11 is 0. The van der Waals surface area contributed by atoms with E-state index in [-0.39, 0.29) is 5.91 Å². The van der Waals surface area contributed by atoms with E-state index in [1.54, 1.807) is 43.3 Å². The highest BCUT2D eigenvalue weighted by Gasteiger charge is 2.14. The summed E-state index contributed by atoms with van der Waals surface area (Å²) in [6.07, 6.45) is 0.787. The number of carbonyl (C=O) groups is 2. The SMILES string of the molecule is Cc1ccccc1C(=O)Oc1ccc(/C=N\NC(=O)[C@H](C)Oc2ccc3ccccc3c2)cc1. The molecule has 0 unspecified atom stereocenters. The Kier molecular flexibility index (Phi) is 6.98. The Morgan fingerprint density at radius 3 is 2.29 bits per heavy atom. The van der Waals surface area contributed by atoms with Gasteiger partial charge in [-0.25, -0.2) is 10.2 Å². The molecule has 170 valence electrons. The maximum Gasteiger partial charge on any atom is 0.343 e. The average Bonchev–Trinajstić information content (AvgIpc) is 2.85. The lowest BCUT2D eigenvalue weighted by Gasteiger charge is -2.13. The second kappa shape index (κ2) is 10.4. The Bertz CT molecular complexity index is 1350. The fraction of sp³-hybridized carbons (Fsp3) is 0.107. The van der Waals surface area contributed by atoms with Crippen LogP contribution in [0.1, 0.15) is 28.4 Å². The molecule has 0 aromatic heterocycles. The Hall–Kier alpha value is -4.45. The van der Waals surface area contributed by atoms with E-state index in [2.05, 4.69) is 10.5 Å². The van der Waals surface area contributed by atoms with Gasteiger partial charge in [0.25, 0.3) is 5.91 Å². The normalized spacial score (nSPS) is 11.8. The first kappa shape index (κ1) is 22.7. The number of amides is 1. The summed E-state index contributed by atoms with van der Waals surface area (Å²) in [5.74, 6) is 0.258. The van der Waals surface area contributed by atoms with E-state index in [1.165, 1.54) is 6.21 Å². The van der Waals surface area contributed by atoms with Crippen LogP contribution in [0.15, 0.2) is 96.1 Å². The predicted octanol–water partition coefficient (Wildman–Crippen LogP) is 5.29. The average molecular weight is 453 g/mol. The number of aryl methyl sites for hydroxylation is 1. The van der Waals surface area contributed by atoms with Gasteiger partial charge in [-0.15, -0.1) is 0 Å². The van der Waals surface area contributed by atoms with E-state index in [1.807, 2.05) is 61.5 Å². The Morgan fingerprint density at radius 2 is 1.53 bits per heavy atom. The van der Waals surface area contributed by atoms with E-state index in [4.69, 9.17) is 9.47 Å². The number of hydrazone groups is 1. The van der Waals surface area contributed by atoms with Gasteiger partial charge in [0, 0.05) is 0 Å². The number of carbonyl (C=O) groups excluding carboxylic acids is 2. The molecule has 0 saturated heterocycles. The number of nitrogens with zero attached hydrogens (tertiary/aromatic N) is 1. The van der Waals surface area contributed by atoms with E-state index in [0.717, 1.165) is 21.9 Å². The second-order valence-electron chi connectivity index (χ2n) is 7.78. The fourth-order valence-corrected chi connectivity index (χ4v) is 3.35. The van der Waals surface area contributed by atoms with Crippen LogP contribution in [0.3, 0.4) is 0 Å². The van der Waals surface area contributed by atoms with Gasteiger partial charge in [0.2, 0.25) is 0 Å². The molecule has 0 aliphatic carbocycles. The number of hydrogen-bond acceptors (Lipinski definition) is 5. The molecule has 0 heterocycles. The summed E-state index contributed by atoms with van der Waals surface area (Å²) in [6, 6.07) is 27.7. The van der Waals surface area contributed by atoms with E-state index in [9.17, 15) is 9.59 Å². The Balaban J connectivity index is 1.29. The first-order valence-electron chi connectivity index (χ1n) is 10.9. The minimum atomic E-state index is -0.721. The molecule has 0 radical (unpaired) electrons. The second-order valence-corrected chi connectivity index (χ2v) is 7.78. The van der Waals surface area contributed by atoms with Gasteiger partial charge in [-0.3, -0.25) is 4.79 Å². The molecule has 0 fully saturated rings. The lowest BCUT2D eigenvalue weighted by atomic mass is 10.1. The van der Waals surface area contributed by atoms with Crippen molar-refractivity contribution < 1.29 is 19.1 Å². The summed E-state index contributed by atoms with van der Waals surface area (Å²) in [7, 11) is 0. The third-order valence-corrected chi connectivity index (χ3v) is 5.25. The van der Waals surface area contributed by atoms with Gasteiger partial charge in [-0.05, 0) is 78.2 Å². The number of rotatable bonds is 7. The first-order chi connectivity index (χ1) is 16.5. The third-order valence-electron chi connectivity index (χ3n) is 5.25. The van der Waals surface area contributed by atoms with Gasteiger partial charge in [0.05, 0.1) is 11.8 Å². The Labute approximate surface area is 197 Å². The lowest BCUT2D eigenvalue weighted by molar-refractivity contribution is -0.127. The smallest absolute Gasteiger partial charge is 0.343 e. The van der Waals surface area contributed by atoms with E-state index in [0.29, 0.717) is 17.1 Å². The molecule has 0 spiro atoms. The van der Waals surface area contributed by atoms with Crippen LogP contribution in [-0.4, -0.2) is 24.2 Å². The van der Waals surface area contributed by atoms with E-state index < -0.39 is 12.1 Å². The van der Waals surface area contributed by atoms with Crippen molar-refractivity contribution in [2.24, 2.45) is 5.10 Å². The summed E-state index contributed by atoms with van der Waals surface area (Å²) in [4.78, 5) is 24.6. The molecule has 34 heavy (non-hydrogen) atoms. The zero-order chi connectivity index (χ0) is 23.9. The molecule has 4 aromatic carbocycles. The quantitative estimate of drug-likeness (QED) is 0.179. The van der Waals surface area contributed by atoms with Crippen molar-refractivity contribution >= 4 is 28.9 Å². The van der Waals surface area contributed by atoms with Crippen LogP contribution in [-0.2, 0) is 4.79 Å². The third kappa shape index (κ3) is 5.66. The van der Waals surface area contributed by atoms with Crippen molar-refractivity contribution in [2.45, 2.75) is 20.0 Å². The first-order valence-corrected chi connectivity index (χ1v) is 10.9. The highest BCUT2D eigenvalue weighted by molar-refractivity contribution is 5.92. The van der Waals surface area contributed by atoms with Crippen molar-refractivity contribution in [2.75, 3.05) is 0 Å². The molecule has 0 saturated carbocycles. The van der Waals surface area contributed by atoms with Crippen molar-refractivity contribution in [3.05, 3.63) is 108 Å². The van der Waals surface area contributed by atoms with Crippen LogP contribution in [0.4, 0.5) is 0 Å². The fourth-order valence-electron chi connectivity index (χ4n) is 3.35. The van der Waals surface area contributed by atoms with Crippen molar-refractivity contribution in [3.8, 4) is 11.5 Å². The number of esters is 1. The highest BCUT2D eigenvalue weighted by Crippen LogP contribution is 2.21. The maximum atomic E-state index is 12.3. The minimum Gasteiger partial charge on any atom is -0.481 e. The zero-order valence-corrected chi connectivity index (χ0v) is 18.9. The van der Waals surface area contributed by atoms with Gasteiger partial charge in [0.1, 0.15) is 11.5 Å². The number of benzene rings is 4. The van der Waals surface area contributed by atoms with Gasteiger partial charge >= 0.3 is 5.97 Å². The lowest BCUT2D eigenvalue weighted by Crippen LogP contribution is -2.33. The largest absolute Gasteiger partial charge is 0.481 e. The standard InChI is InChI=1S/C28H24N2O4/c1-19-7-3-6-10-26(19)28(32)34-24-14-11-21(12-15-24)18-29-30-27(31)20(2)33-25-16-13-22-8-4-5-9-23(22)17-25/h3-18,20H,1-2H3,(H,30,31)/b29-18-/t20-/m0/s1. The van der Waals surface area contributed by atoms with Crippen LogP contribution in [0.2, 0.25) is 0 Å². The highest BCUT2D eigenvalue weighted by atomic mass is 16.5. The monoisotopic (exact) mass is 452 g/mol. The number of fused-ring (bicyclic) bond motifs is 1. The topological polar surface area (TPSA) is 77.0 Å². The molecule has 1 amide bonds. The van der Waals surface area contributed by atoms with Crippen LogP contribution >= 0.6 is 0 Å². The molecule has 1 N–H and O–H groups in total. The molecule has 1 atom stereocenters. The summed E-state index contributed by atoms with van der Waals surface area (Å²) in [5.41, 5.74) is 4.59. The number of nitrogens with one attached hydrogen (secondary N) is 1. The predicted molar refractivity (Wildman–Crippen MR) is 132 cm³/mol. The van der Waals surface area contributed by atoms with Crippen LogP contribution in [0.25, 0.3) is 10.8 Å². The van der Waals surface area contributed by atoms with Gasteiger partial charge in [0.15, 0.2) is 6.10 Å². The summed E-state index contributed by atoms with van der Waals surface area (Å²) in [6.45, 7) is 3.52. The molecule has 0 aliphatic heterocycles. The molecular weight excluding hydrogens is 428 g/mol. The van der Waals surface area contributed by atoms with Crippen molar-refractivity contribution in [3.63, 3.8) is 0 Å².